The number of aromatic hydroxyl groups is 1. The van der Waals surface area contributed by atoms with E-state index in [1.54, 1.807) is 12.1 Å². The topological polar surface area (TPSA) is 76.5 Å². The van der Waals surface area contributed by atoms with E-state index in [-0.39, 0.29) is 16.9 Å². The van der Waals surface area contributed by atoms with Crippen LogP contribution in [0, 0.1) is 0 Å². The van der Waals surface area contributed by atoms with Gasteiger partial charge >= 0.3 is 0 Å². The van der Waals surface area contributed by atoms with Gasteiger partial charge in [0, 0.05) is 18.5 Å². The van der Waals surface area contributed by atoms with Crippen LogP contribution >= 0.6 is 11.6 Å². The van der Waals surface area contributed by atoms with Gasteiger partial charge in [0.15, 0.2) is 0 Å². The maximum absolute atomic E-state index is 9.59. The van der Waals surface area contributed by atoms with E-state index in [4.69, 9.17) is 21.1 Å². The second-order valence-electron chi connectivity index (χ2n) is 6.09. The van der Waals surface area contributed by atoms with Gasteiger partial charge in [-0.3, -0.25) is 0 Å². The van der Waals surface area contributed by atoms with Crippen LogP contribution in [0.1, 0.15) is 12.8 Å². The first kappa shape index (κ1) is 16.9. The van der Waals surface area contributed by atoms with Crippen LogP contribution in [-0.4, -0.2) is 34.4 Å². The summed E-state index contributed by atoms with van der Waals surface area (Å²) in [6.07, 6.45) is 3.34. The summed E-state index contributed by atoms with van der Waals surface area (Å²) in [6.45, 7) is 1.42. The van der Waals surface area contributed by atoms with Crippen LogP contribution in [0.3, 0.4) is 0 Å². The highest BCUT2D eigenvalue weighted by molar-refractivity contribution is 6.32. The highest BCUT2D eigenvalue weighted by Gasteiger charge is 2.18. The lowest BCUT2D eigenvalue weighted by atomic mass is 10.1. The number of ether oxygens (including phenoxy) is 2. The van der Waals surface area contributed by atoms with E-state index in [9.17, 15) is 5.11 Å². The van der Waals surface area contributed by atoms with Crippen molar-refractivity contribution in [3.05, 3.63) is 47.7 Å². The fourth-order valence-electron chi connectivity index (χ4n) is 2.97. The standard InChI is InChI=1S/C19H18ClN3O3/c20-14-10-12(4-5-16(14)24)23-19-18-15(21-11-22-19)2-1-3-17(18)26-13-6-8-25-9-7-13/h1-5,10-11,13,24H,6-9H2,(H,21,22,23). The van der Waals surface area contributed by atoms with Crippen molar-refractivity contribution in [2.75, 3.05) is 18.5 Å². The number of phenols is 1. The van der Waals surface area contributed by atoms with Crippen molar-refractivity contribution in [2.45, 2.75) is 18.9 Å². The molecule has 2 aromatic carbocycles. The fourth-order valence-corrected chi connectivity index (χ4v) is 3.15. The van der Waals surface area contributed by atoms with Crippen LogP contribution < -0.4 is 10.1 Å². The van der Waals surface area contributed by atoms with Crippen LogP contribution in [0.25, 0.3) is 10.9 Å². The summed E-state index contributed by atoms with van der Waals surface area (Å²) in [5.74, 6) is 1.40. The number of nitrogens with one attached hydrogen (secondary N) is 1. The van der Waals surface area contributed by atoms with E-state index in [2.05, 4.69) is 15.3 Å². The van der Waals surface area contributed by atoms with Crippen LogP contribution in [-0.2, 0) is 4.74 Å². The lowest BCUT2D eigenvalue weighted by Gasteiger charge is -2.24. The first-order chi connectivity index (χ1) is 12.7. The smallest absolute Gasteiger partial charge is 0.145 e. The zero-order valence-corrected chi connectivity index (χ0v) is 14.7. The van der Waals surface area contributed by atoms with E-state index in [1.807, 2.05) is 18.2 Å². The Labute approximate surface area is 155 Å². The number of anilines is 2. The minimum atomic E-state index is 0.0355. The molecule has 4 rings (SSSR count). The highest BCUT2D eigenvalue weighted by Crippen LogP contribution is 2.34. The molecule has 0 aliphatic carbocycles. The van der Waals surface area contributed by atoms with Crippen LogP contribution in [0.5, 0.6) is 11.5 Å². The van der Waals surface area contributed by atoms with Gasteiger partial charge in [-0.05, 0) is 30.3 Å². The first-order valence-electron chi connectivity index (χ1n) is 8.44. The van der Waals surface area contributed by atoms with Crippen molar-refractivity contribution in [1.29, 1.82) is 0 Å². The number of aromatic nitrogens is 2. The summed E-state index contributed by atoms with van der Waals surface area (Å²) < 4.78 is 11.6. The molecule has 0 saturated carbocycles. The molecular weight excluding hydrogens is 354 g/mol. The number of benzene rings is 2. The minimum absolute atomic E-state index is 0.0355. The largest absolute Gasteiger partial charge is 0.506 e. The Morgan fingerprint density at radius 3 is 2.81 bits per heavy atom. The van der Waals surface area contributed by atoms with E-state index < -0.39 is 0 Å². The van der Waals surface area contributed by atoms with E-state index in [1.165, 1.54) is 12.4 Å². The molecule has 1 aliphatic rings. The zero-order chi connectivity index (χ0) is 17.9. The molecule has 0 radical (unpaired) electrons. The Morgan fingerprint density at radius 1 is 1.15 bits per heavy atom. The van der Waals surface area contributed by atoms with Gasteiger partial charge in [0.25, 0.3) is 0 Å². The normalized spacial score (nSPS) is 15.1. The van der Waals surface area contributed by atoms with Gasteiger partial charge in [-0.15, -0.1) is 0 Å². The number of hydrogen-bond acceptors (Lipinski definition) is 6. The van der Waals surface area contributed by atoms with Crippen molar-refractivity contribution < 1.29 is 14.6 Å². The minimum Gasteiger partial charge on any atom is -0.506 e. The highest BCUT2D eigenvalue weighted by atomic mass is 35.5. The van der Waals surface area contributed by atoms with Crippen LogP contribution in [0.4, 0.5) is 11.5 Å². The monoisotopic (exact) mass is 371 g/mol. The molecule has 1 saturated heterocycles. The molecule has 134 valence electrons. The maximum atomic E-state index is 9.59. The number of halogens is 1. The molecule has 0 spiro atoms. The number of phenolic OH excluding ortho intramolecular Hbond substituents is 1. The van der Waals surface area contributed by atoms with Gasteiger partial charge in [-0.1, -0.05) is 17.7 Å². The molecule has 3 aromatic rings. The Balaban J connectivity index is 1.70. The van der Waals surface area contributed by atoms with Gasteiger partial charge in [0.1, 0.15) is 29.7 Å². The van der Waals surface area contributed by atoms with Crippen molar-refractivity contribution in [1.82, 2.24) is 9.97 Å². The molecule has 1 aliphatic heterocycles. The Bertz CT molecular complexity index is 924. The maximum Gasteiger partial charge on any atom is 0.145 e. The van der Waals surface area contributed by atoms with Gasteiger partial charge in [-0.2, -0.15) is 0 Å². The number of fused-ring (bicyclic) bond motifs is 1. The number of hydrogen-bond donors (Lipinski definition) is 2. The van der Waals surface area contributed by atoms with E-state index in [0.717, 1.165) is 29.5 Å². The van der Waals surface area contributed by atoms with Crippen LogP contribution in [0.15, 0.2) is 42.7 Å². The third kappa shape index (κ3) is 3.52. The zero-order valence-electron chi connectivity index (χ0n) is 14.0. The predicted molar refractivity (Wildman–Crippen MR) is 100 cm³/mol. The fraction of sp³-hybridized carbons (Fsp3) is 0.263. The van der Waals surface area contributed by atoms with Crippen molar-refractivity contribution >= 4 is 34.0 Å². The molecule has 0 bridgehead atoms. The van der Waals surface area contributed by atoms with Crippen LogP contribution in [0.2, 0.25) is 5.02 Å². The van der Waals surface area contributed by atoms with Crippen molar-refractivity contribution in [3.8, 4) is 11.5 Å². The molecule has 2 heterocycles. The molecule has 7 heteroatoms. The average Bonchev–Trinajstić information content (AvgIpc) is 2.66. The molecule has 26 heavy (non-hydrogen) atoms. The molecule has 1 fully saturated rings. The van der Waals surface area contributed by atoms with E-state index in [0.29, 0.717) is 24.7 Å². The Morgan fingerprint density at radius 2 is 2.00 bits per heavy atom. The molecule has 0 atom stereocenters. The summed E-state index contributed by atoms with van der Waals surface area (Å²) in [5.41, 5.74) is 1.51. The third-order valence-corrected chi connectivity index (χ3v) is 4.60. The number of nitrogens with zero attached hydrogens (tertiary/aromatic N) is 2. The van der Waals surface area contributed by atoms with Gasteiger partial charge in [0.05, 0.1) is 29.1 Å². The summed E-state index contributed by atoms with van der Waals surface area (Å²) in [7, 11) is 0. The average molecular weight is 372 g/mol. The molecule has 6 nitrogen and oxygen atoms in total. The summed E-state index contributed by atoms with van der Waals surface area (Å²) in [4.78, 5) is 8.72. The molecule has 2 N–H and O–H groups in total. The van der Waals surface area contributed by atoms with Crippen molar-refractivity contribution in [2.24, 2.45) is 0 Å². The van der Waals surface area contributed by atoms with Gasteiger partial charge in [-0.25, -0.2) is 9.97 Å². The second kappa shape index (κ2) is 7.35. The molecular formula is C19H18ClN3O3. The first-order valence-corrected chi connectivity index (χ1v) is 8.82. The van der Waals surface area contributed by atoms with Gasteiger partial charge in [0.2, 0.25) is 0 Å². The predicted octanol–water partition coefficient (Wildman–Crippen LogP) is 4.29. The number of rotatable bonds is 4. The summed E-state index contributed by atoms with van der Waals surface area (Å²) in [5, 5.41) is 13.9. The second-order valence-corrected chi connectivity index (χ2v) is 6.50. The summed E-state index contributed by atoms with van der Waals surface area (Å²) >= 11 is 6.00. The molecule has 0 unspecified atom stereocenters. The van der Waals surface area contributed by atoms with Crippen molar-refractivity contribution in [3.63, 3.8) is 0 Å². The third-order valence-electron chi connectivity index (χ3n) is 4.30. The quantitative estimate of drug-likeness (QED) is 0.666. The Hall–Kier alpha value is -2.57. The summed E-state index contributed by atoms with van der Waals surface area (Å²) in [6, 6.07) is 10.7. The molecule has 1 aromatic heterocycles. The SMILES string of the molecule is Oc1ccc(Nc2ncnc3cccc(OC4CCOCC4)c23)cc1Cl. The lowest BCUT2D eigenvalue weighted by molar-refractivity contribution is 0.0262. The molecule has 0 amide bonds. The Kier molecular flexibility index (Phi) is 4.77. The van der Waals surface area contributed by atoms with Gasteiger partial charge < -0.3 is 19.9 Å². The lowest BCUT2D eigenvalue weighted by Crippen LogP contribution is -2.26. The van der Waals surface area contributed by atoms with E-state index >= 15 is 0 Å².